The predicted octanol–water partition coefficient (Wildman–Crippen LogP) is 1.96. The van der Waals surface area contributed by atoms with E-state index in [1.807, 2.05) is 23.9 Å². The predicted molar refractivity (Wildman–Crippen MR) is 79.7 cm³/mol. The number of carbonyl (C=O) groups excluding carboxylic acids is 1. The lowest BCUT2D eigenvalue weighted by Gasteiger charge is -2.18. The molecule has 19 heavy (non-hydrogen) atoms. The number of fused-ring (bicyclic) bond motifs is 1. The van der Waals surface area contributed by atoms with Crippen molar-refractivity contribution in [3.8, 4) is 0 Å². The number of thioether (sulfide) groups is 1. The zero-order chi connectivity index (χ0) is 13.3. The Morgan fingerprint density at radius 2 is 2.26 bits per heavy atom. The first kappa shape index (κ1) is 13.0. The van der Waals surface area contributed by atoms with Gasteiger partial charge in [-0.15, -0.1) is 0 Å². The van der Waals surface area contributed by atoms with Crippen LogP contribution in [-0.4, -0.2) is 30.0 Å². The number of carbonyl (C=O) groups is 1. The van der Waals surface area contributed by atoms with Crippen molar-refractivity contribution in [3.05, 3.63) is 34.9 Å². The quantitative estimate of drug-likeness (QED) is 0.883. The van der Waals surface area contributed by atoms with Crippen LogP contribution in [0.1, 0.15) is 34.3 Å². The number of benzene rings is 1. The van der Waals surface area contributed by atoms with E-state index in [1.165, 1.54) is 24.0 Å². The Hall–Kier alpha value is -1.00. The Bertz CT molecular complexity index is 497. The van der Waals surface area contributed by atoms with Crippen LogP contribution < -0.4 is 10.6 Å². The van der Waals surface area contributed by atoms with Gasteiger partial charge in [0.2, 0.25) is 0 Å². The van der Waals surface area contributed by atoms with Gasteiger partial charge in [-0.3, -0.25) is 4.79 Å². The SMILES string of the molecule is CSC1(CNC(=O)c2ccc3c(c2)CNCC3)CC1. The van der Waals surface area contributed by atoms with Crippen LogP contribution in [0, 0.1) is 0 Å². The van der Waals surface area contributed by atoms with E-state index in [0.717, 1.165) is 31.6 Å². The molecule has 1 saturated carbocycles. The first-order valence-corrected chi connectivity index (χ1v) is 8.11. The van der Waals surface area contributed by atoms with Crippen LogP contribution >= 0.6 is 11.8 Å². The summed E-state index contributed by atoms with van der Waals surface area (Å²) in [5.74, 6) is 0.0636. The van der Waals surface area contributed by atoms with E-state index in [-0.39, 0.29) is 5.91 Å². The summed E-state index contributed by atoms with van der Waals surface area (Å²) >= 11 is 1.87. The number of nitrogens with one attached hydrogen (secondary N) is 2. The van der Waals surface area contributed by atoms with Gasteiger partial charge in [0.1, 0.15) is 0 Å². The lowest BCUT2D eigenvalue weighted by atomic mass is 9.98. The molecular formula is C15H20N2OS. The van der Waals surface area contributed by atoms with Crippen LogP contribution in [0.25, 0.3) is 0 Å². The van der Waals surface area contributed by atoms with Gasteiger partial charge in [-0.1, -0.05) is 6.07 Å². The van der Waals surface area contributed by atoms with Gasteiger partial charge in [0.15, 0.2) is 0 Å². The summed E-state index contributed by atoms with van der Waals surface area (Å²) < 4.78 is 0.325. The summed E-state index contributed by atoms with van der Waals surface area (Å²) in [5.41, 5.74) is 3.43. The molecule has 1 aromatic carbocycles. The van der Waals surface area contributed by atoms with Crippen molar-refractivity contribution in [1.82, 2.24) is 10.6 Å². The molecule has 0 aromatic heterocycles. The minimum Gasteiger partial charge on any atom is -0.351 e. The second-order valence-corrected chi connectivity index (χ2v) is 6.75. The lowest BCUT2D eigenvalue weighted by molar-refractivity contribution is 0.0953. The first-order chi connectivity index (χ1) is 9.22. The molecule has 2 aliphatic rings. The highest BCUT2D eigenvalue weighted by Gasteiger charge is 2.41. The molecule has 0 atom stereocenters. The van der Waals surface area contributed by atoms with Gasteiger partial charge in [0, 0.05) is 23.4 Å². The van der Waals surface area contributed by atoms with Crippen LogP contribution in [0.15, 0.2) is 18.2 Å². The van der Waals surface area contributed by atoms with Gasteiger partial charge >= 0.3 is 0 Å². The maximum atomic E-state index is 12.2. The van der Waals surface area contributed by atoms with Crippen molar-refractivity contribution in [2.45, 2.75) is 30.6 Å². The fourth-order valence-electron chi connectivity index (χ4n) is 2.56. The Kier molecular flexibility index (Phi) is 3.54. The highest BCUT2D eigenvalue weighted by atomic mass is 32.2. The maximum absolute atomic E-state index is 12.2. The summed E-state index contributed by atoms with van der Waals surface area (Å²) in [4.78, 5) is 12.2. The molecular weight excluding hydrogens is 256 g/mol. The third kappa shape index (κ3) is 2.79. The van der Waals surface area contributed by atoms with Gasteiger partial charge in [-0.2, -0.15) is 11.8 Å². The molecule has 2 N–H and O–H groups in total. The van der Waals surface area contributed by atoms with Crippen molar-refractivity contribution in [1.29, 1.82) is 0 Å². The summed E-state index contributed by atoms with van der Waals surface area (Å²) in [6.45, 7) is 2.71. The highest BCUT2D eigenvalue weighted by molar-refractivity contribution is 8.00. The van der Waals surface area contributed by atoms with Gasteiger partial charge in [0.25, 0.3) is 5.91 Å². The summed E-state index contributed by atoms with van der Waals surface area (Å²) in [7, 11) is 0. The zero-order valence-corrected chi connectivity index (χ0v) is 12.1. The van der Waals surface area contributed by atoms with E-state index in [2.05, 4.69) is 23.0 Å². The van der Waals surface area contributed by atoms with Crippen LogP contribution in [0.2, 0.25) is 0 Å². The van der Waals surface area contributed by atoms with Gasteiger partial charge in [0.05, 0.1) is 0 Å². The summed E-state index contributed by atoms with van der Waals surface area (Å²) in [6, 6.07) is 6.10. The van der Waals surface area contributed by atoms with E-state index >= 15 is 0 Å². The molecule has 1 aliphatic carbocycles. The molecule has 0 unspecified atom stereocenters. The number of hydrogen-bond donors (Lipinski definition) is 2. The van der Waals surface area contributed by atoms with E-state index < -0.39 is 0 Å². The zero-order valence-electron chi connectivity index (χ0n) is 11.3. The third-order valence-electron chi connectivity index (χ3n) is 4.17. The minimum absolute atomic E-state index is 0.0636. The molecule has 1 aromatic rings. The van der Waals surface area contributed by atoms with Gasteiger partial charge in [-0.25, -0.2) is 0 Å². The Labute approximate surface area is 118 Å². The number of hydrogen-bond acceptors (Lipinski definition) is 3. The van der Waals surface area contributed by atoms with Crippen LogP contribution in [0.3, 0.4) is 0 Å². The van der Waals surface area contributed by atoms with Crippen LogP contribution in [-0.2, 0) is 13.0 Å². The van der Waals surface area contributed by atoms with Gasteiger partial charge in [-0.05, 0) is 55.3 Å². The standard InChI is InChI=1S/C15H20N2OS/c1-19-15(5-6-15)10-17-14(18)12-3-2-11-4-7-16-9-13(11)8-12/h2-3,8,16H,4-7,9-10H2,1H3,(H,17,18). The van der Waals surface area contributed by atoms with Crippen molar-refractivity contribution in [2.24, 2.45) is 0 Å². The largest absolute Gasteiger partial charge is 0.351 e. The Balaban J connectivity index is 1.66. The molecule has 1 heterocycles. The second kappa shape index (κ2) is 5.17. The molecule has 0 spiro atoms. The maximum Gasteiger partial charge on any atom is 0.251 e. The first-order valence-electron chi connectivity index (χ1n) is 6.88. The Morgan fingerprint density at radius 3 is 3.00 bits per heavy atom. The van der Waals surface area contributed by atoms with E-state index in [9.17, 15) is 4.79 Å². The third-order valence-corrected chi connectivity index (χ3v) is 5.59. The summed E-state index contributed by atoms with van der Waals surface area (Å²) in [6.07, 6.45) is 5.64. The van der Waals surface area contributed by atoms with E-state index in [0.29, 0.717) is 4.75 Å². The molecule has 4 heteroatoms. The van der Waals surface area contributed by atoms with Gasteiger partial charge < -0.3 is 10.6 Å². The smallest absolute Gasteiger partial charge is 0.251 e. The lowest BCUT2D eigenvalue weighted by Crippen LogP contribution is -2.32. The van der Waals surface area contributed by atoms with E-state index in [1.54, 1.807) is 0 Å². The van der Waals surface area contributed by atoms with Crippen molar-refractivity contribution >= 4 is 17.7 Å². The Morgan fingerprint density at radius 1 is 1.42 bits per heavy atom. The minimum atomic E-state index is 0.0636. The monoisotopic (exact) mass is 276 g/mol. The number of amides is 1. The molecule has 0 radical (unpaired) electrons. The number of rotatable bonds is 4. The van der Waals surface area contributed by atoms with Crippen LogP contribution in [0.4, 0.5) is 0 Å². The normalized spacial score (nSPS) is 19.6. The van der Waals surface area contributed by atoms with Crippen molar-refractivity contribution in [3.63, 3.8) is 0 Å². The topological polar surface area (TPSA) is 41.1 Å². The fourth-order valence-corrected chi connectivity index (χ4v) is 3.28. The molecule has 0 bridgehead atoms. The van der Waals surface area contributed by atoms with E-state index in [4.69, 9.17) is 0 Å². The highest BCUT2D eigenvalue weighted by Crippen LogP contribution is 2.46. The molecule has 3 rings (SSSR count). The molecule has 3 nitrogen and oxygen atoms in total. The fraction of sp³-hybridized carbons (Fsp3) is 0.533. The molecule has 0 saturated heterocycles. The average molecular weight is 276 g/mol. The molecule has 1 aliphatic heterocycles. The summed E-state index contributed by atoms with van der Waals surface area (Å²) in [5, 5.41) is 6.43. The molecule has 1 amide bonds. The average Bonchev–Trinajstić information content (AvgIpc) is 3.25. The molecule has 102 valence electrons. The molecule has 1 fully saturated rings. The van der Waals surface area contributed by atoms with Crippen molar-refractivity contribution in [2.75, 3.05) is 19.3 Å². The van der Waals surface area contributed by atoms with Crippen LogP contribution in [0.5, 0.6) is 0 Å². The second-order valence-electron chi connectivity index (χ2n) is 5.48. The van der Waals surface area contributed by atoms with Crippen molar-refractivity contribution < 1.29 is 4.79 Å².